The highest BCUT2D eigenvalue weighted by molar-refractivity contribution is 8.11. The van der Waals surface area contributed by atoms with Crippen molar-refractivity contribution in [2.45, 2.75) is 11.3 Å². The van der Waals surface area contributed by atoms with Crippen molar-refractivity contribution >= 4 is 45.1 Å². The van der Waals surface area contributed by atoms with E-state index in [0.29, 0.717) is 12.2 Å². The molecule has 0 saturated carbocycles. The molecule has 1 heterocycles. The van der Waals surface area contributed by atoms with Crippen molar-refractivity contribution in [3.8, 4) is 11.1 Å². The van der Waals surface area contributed by atoms with Gasteiger partial charge in [0.25, 0.3) is 10.0 Å². The first kappa shape index (κ1) is 21.2. The number of anilines is 1. The first-order valence-electron chi connectivity index (χ1n) is 9.34. The van der Waals surface area contributed by atoms with Gasteiger partial charge in [-0.2, -0.15) is 13.4 Å². The molecule has 4 aromatic rings. The maximum absolute atomic E-state index is 13.1. The third-order valence-corrected chi connectivity index (χ3v) is 6.32. The van der Waals surface area contributed by atoms with Crippen LogP contribution in [0.15, 0.2) is 89.8 Å². The van der Waals surface area contributed by atoms with Gasteiger partial charge in [-0.1, -0.05) is 85.0 Å². The minimum absolute atomic E-state index is 0.000223. The number of aromatic nitrogens is 3. The number of rotatable bonds is 6. The topological polar surface area (TPSA) is 76.9 Å². The van der Waals surface area contributed by atoms with Gasteiger partial charge in [-0.3, -0.25) is 0 Å². The average molecular weight is 467 g/mol. The molecule has 6 nitrogen and oxygen atoms in total. The van der Waals surface area contributed by atoms with Crippen LogP contribution in [-0.2, 0) is 16.4 Å². The number of nitrogens with one attached hydrogen (secondary N) is 1. The average Bonchev–Trinajstić information content (AvgIpc) is 3.17. The van der Waals surface area contributed by atoms with Gasteiger partial charge < -0.3 is 5.32 Å². The fourth-order valence-corrected chi connectivity index (χ4v) is 4.48. The predicted octanol–water partition coefficient (Wildman–Crippen LogP) is 4.40. The second-order valence-electron chi connectivity index (χ2n) is 6.68. The molecule has 0 saturated heterocycles. The Balaban J connectivity index is 1.64. The normalized spacial score (nSPS) is 11.3. The fourth-order valence-electron chi connectivity index (χ4n) is 3.07. The highest BCUT2D eigenvalue weighted by Crippen LogP contribution is 2.22. The van der Waals surface area contributed by atoms with Gasteiger partial charge in [-0.05, 0) is 28.8 Å². The van der Waals surface area contributed by atoms with Crippen LogP contribution in [0.3, 0.4) is 0 Å². The lowest BCUT2D eigenvalue weighted by molar-refractivity contribution is 0.580. The van der Waals surface area contributed by atoms with Gasteiger partial charge in [-0.25, -0.2) is 0 Å². The summed E-state index contributed by atoms with van der Waals surface area (Å²) >= 11 is 8.99. The fraction of sp³-hybridized carbons (Fsp3) is 0.0455. The Labute approximate surface area is 191 Å². The van der Waals surface area contributed by atoms with Crippen molar-refractivity contribution < 1.29 is 8.42 Å². The van der Waals surface area contributed by atoms with Crippen molar-refractivity contribution in [2.75, 3.05) is 5.32 Å². The largest absolute Gasteiger partial charge is 0.309 e. The maximum Gasteiger partial charge on any atom is 0.286 e. The molecular formula is C22H18N4O2S3. The molecule has 0 aliphatic carbocycles. The predicted molar refractivity (Wildman–Crippen MR) is 129 cm³/mol. The van der Waals surface area contributed by atoms with Gasteiger partial charge in [-0.15, -0.1) is 21.8 Å². The summed E-state index contributed by atoms with van der Waals surface area (Å²) in [6, 6.07) is 26.1. The Morgan fingerprint density at radius 1 is 0.903 bits per heavy atom. The van der Waals surface area contributed by atoms with Crippen LogP contribution >= 0.6 is 24.8 Å². The molecule has 0 aliphatic rings. The summed E-state index contributed by atoms with van der Waals surface area (Å²) in [6.07, 6.45) is 0.362. The molecule has 31 heavy (non-hydrogen) atoms. The van der Waals surface area contributed by atoms with E-state index >= 15 is 0 Å². The Morgan fingerprint density at radius 3 is 2.10 bits per heavy atom. The number of hydrogen-bond acceptors (Lipinski definition) is 5. The second kappa shape index (κ2) is 9.01. The summed E-state index contributed by atoms with van der Waals surface area (Å²) in [6.45, 7) is 0. The molecule has 0 amide bonds. The number of thiocarbonyl (C=S) groups is 1. The lowest BCUT2D eigenvalue weighted by atomic mass is 10.0. The van der Waals surface area contributed by atoms with E-state index in [1.54, 1.807) is 18.2 Å². The smallest absolute Gasteiger partial charge is 0.286 e. The van der Waals surface area contributed by atoms with E-state index in [2.05, 4.69) is 28.0 Å². The molecule has 0 unspecified atom stereocenters. The van der Waals surface area contributed by atoms with Crippen LogP contribution < -0.4 is 5.32 Å². The zero-order chi connectivity index (χ0) is 21.8. The summed E-state index contributed by atoms with van der Waals surface area (Å²) in [5.41, 5.74) is 3.17. The number of thiol groups is 1. The zero-order valence-electron chi connectivity index (χ0n) is 16.2. The van der Waals surface area contributed by atoms with E-state index < -0.39 is 10.0 Å². The molecule has 0 radical (unpaired) electrons. The highest BCUT2D eigenvalue weighted by atomic mass is 32.2. The summed E-state index contributed by atoms with van der Waals surface area (Å²) in [4.78, 5) is 4.45. The van der Waals surface area contributed by atoms with Crippen LogP contribution in [0.5, 0.6) is 0 Å². The quantitative estimate of drug-likeness (QED) is 0.324. The third-order valence-electron chi connectivity index (χ3n) is 4.53. The van der Waals surface area contributed by atoms with Crippen LogP contribution in [0.2, 0.25) is 0 Å². The Hall–Kier alpha value is -3.01. The molecule has 4 rings (SSSR count). The Morgan fingerprint density at radius 2 is 1.48 bits per heavy atom. The number of hydrogen-bond donors (Lipinski definition) is 2. The van der Waals surface area contributed by atoms with Gasteiger partial charge in [0.1, 0.15) is 4.32 Å². The molecule has 0 bridgehead atoms. The van der Waals surface area contributed by atoms with Crippen molar-refractivity contribution in [3.63, 3.8) is 0 Å². The van der Waals surface area contributed by atoms with Crippen LogP contribution in [0.4, 0.5) is 5.95 Å². The molecular weight excluding hydrogens is 448 g/mol. The monoisotopic (exact) mass is 466 g/mol. The van der Waals surface area contributed by atoms with E-state index in [9.17, 15) is 8.42 Å². The van der Waals surface area contributed by atoms with Gasteiger partial charge in [0.15, 0.2) is 5.82 Å². The number of nitrogens with zero attached hydrogens (tertiary/aromatic N) is 3. The first-order chi connectivity index (χ1) is 14.9. The maximum atomic E-state index is 13.1. The molecule has 9 heteroatoms. The second-order valence-corrected chi connectivity index (χ2v) is 9.61. The lowest BCUT2D eigenvalue weighted by Gasteiger charge is -2.07. The van der Waals surface area contributed by atoms with E-state index in [1.807, 2.05) is 54.6 Å². The van der Waals surface area contributed by atoms with E-state index in [1.165, 1.54) is 12.1 Å². The summed E-state index contributed by atoms with van der Waals surface area (Å²) in [7, 11) is -3.94. The molecule has 3 aromatic carbocycles. The summed E-state index contributed by atoms with van der Waals surface area (Å²) in [5.74, 6) is 0.346. The van der Waals surface area contributed by atoms with Crippen molar-refractivity contribution in [2.24, 2.45) is 0 Å². The van der Waals surface area contributed by atoms with Gasteiger partial charge in [0, 0.05) is 6.42 Å². The van der Waals surface area contributed by atoms with E-state index in [0.717, 1.165) is 20.8 Å². The lowest BCUT2D eigenvalue weighted by Crippen LogP contribution is -2.19. The molecule has 0 spiro atoms. The van der Waals surface area contributed by atoms with Gasteiger partial charge in [0.2, 0.25) is 5.95 Å². The van der Waals surface area contributed by atoms with Gasteiger partial charge >= 0.3 is 0 Å². The van der Waals surface area contributed by atoms with Crippen molar-refractivity contribution in [3.05, 3.63) is 96.3 Å². The van der Waals surface area contributed by atoms with Crippen molar-refractivity contribution in [1.82, 2.24) is 14.2 Å². The molecule has 1 aromatic heterocycles. The number of benzene rings is 3. The molecule has 1 N–H and O–H groups in total. The molecule has 0 atom stereocenters. The minimum Gasteiger partial charge on any atom is -0.309 e. The summed E-state index contributed by atoms with van der Waals surface area (Å²) in [5, 5.41) is 6.94. The van der Waals surface area contributed by atoms with Crippen molar-refractivity contribution in [1.29, 1.82) is 0 Å². The Kier molecular flexibility index (Phi) is 6.17. The minimum atomic E-state index is -3.94. The molecule has 0 aliphatic heterocycles. The van der Waals surface area contributed by atoms with Crippen LogP contribution in [0.1, 0.15) is 11.4 Å². The molecule has 0 fully saturated rings. The SMILES string of the molecule is O=S(=O)(c1ccccc1)n1nc(Cc2ccc(-c3ccccc3)cc2)nc1NC(=S)S. The first-order valence-corrected chi connectivity index (χ1v) is 11.6. The van der Waals surface area contributed by atoms with E-state index in [4.69, 9.17) is 12.2 Å². The van der Waals surface area contributed by atoms with Gasteiger partial charge in [0.05, 0.1) is 4.90 Å². The summed E-state index contributed by atoms with van der Waals surface area (Å²) < 4.78 is 27.1. The van der Waals surface area contributed by atoms with E-state index in [-0.39, 0.29) is 15.2 Å². The standard InChI is InChI=1S/C22H18N4O2S3/c27-31(28,19-9-5-2-6-10-19)26-21(24-22(29)30)23-20(25-26)15-16-11-13-18(14-12-16)17-7-3-1-4-8-17/h1-14H,15H2,(H2,23,24,25,29,30). The zero-order valence-corrected chi connectivity index (χ0v) is 18.7. The van der Waals surface area contributed by atoms with Crippen LogP contribution in [0.25, 0.3) is 11.1 Å². The van der Waals surface area contributed by atoms with Crippen LogP contribution in [0, 0.1) is 0 Å². The van der Waals surface area contributed by atoms with Crippen LogP contribution in [-0.4, -0.2) is 26.9 Å². The highest BCUT2D eigenvalue weighted by Gasteiger charge is 2.24. The Bertz CT molecular complexity index is 1300. The molecule has 156 valence electrons. The third kappa shape index (κ3) is 4.84.